The van der Waals surface area contributed by atoms with Gasteiger partial charge in [0.2, 0.25) is 0 Å². The van der Waals surface area contributed by atoms with E-state index in [4.69, 9.17) is 0 Å². The Labute approximate surface area is 537 Å². The number of hydrogen-bond acceptors (Lipinski definition) is 2. The average Bonchev–Trinajstić information content (AvgIpc) is 1.54. The van der Waals surface area contributed by atoms with Gasteiger partial charge in [0, 0.05) is 92.9 Å². The van der Waals surface area contributed by atoms with Crippen molar-refractivity contribution in [1.82, 2.24) is 27.4 Å². The van der Waals surface area contributed by atoms with Crippen LogP contribution in [0.3, 0.4) is 0 Å². The van der Waals surface area contributed by atoms with Gasteiger partial charge in [0.05, 0.1) is 94.8 Å². The van der Waals surface area contributed by atoms with Gasteiger partial charge in [-0.3, -0.25) is 0 Å². The quantitative estimate of drug-likeness (QED) is 0.159. The number of benzene rings is 14. The summed E-state index contributed by atoms with van der Waals surface area (Å²) < 4.78 is 14.2. The summed E-state index contributed by atoms with van der Waals surface area (Å²) in [6.07, 6.45) is 0. The summed E-state index contributed by atoms with van der Waals surface area (Å²) in [5.74, 6) is 0. The molecule has 0 saturated carbocycles. The molecule has 14 aromatic carbocycles. The summed E-state index contributed by atoms with van der Waals surface area (Å²) in [5.41, 5.74) is 20.9. The molecule has 8 heteroatoms. The highest BCUT2D eigenvalue weighted by molar-refractivity contribution is 6.17. The van der Waals surface area contributed by atoms with Crippen molar-refractivity contribution in [2.45, 2.75) is 0 Å². The van der Waals surface area contributed by atoms with E-state index in [-0.39, 0.29) is 0 Å². The van der Waals surface area contributed by atoms with Crippen LogP contribution >= 0.6 is 0 Å². The van der Waals surface area contributed by atoms with Crippen molar-refractivity contribution < 1.29 is 0 Å². The van der Waals surface area contributed by atoms with Crippen molar-refractivity contribution in [1.29, 1.82) is 10.5 Å². The van der Waals surface area contributed by atoms with Crippen LogP contribution in [-0.2, 0) is 0 Å². The van der Waals surface area contributed by atoms with Crippen LogP contribution in [0, 0.1) is 22.7 Å². The third kappa shape index (κ3) is 7.25. The van der Waals surface area contributed by atoms with E-state index < -0.39 is 0 Å². The summed E-state index contributed by atoms with van der Waals surface area (Å²) in [5, 5.41) is 36.7. The summed E-state index contributed by atoms with van der Waals surface area (Å²) in [6.45, 7) is 0. The Hall–Kier alpha value is -13.1. The zero-order valence-corrected chi connectivity index (χ0v) is 50.4. The fourth-order valence-electron chi connectivity index (χ4n) is 15.9. The predicted octanol–water partition coefficient (Wildman–Crippen LogP) is 21.7. The molecule has 0 atom stereocenters. The van der Waals surface area contributed by atoms with E-state index in [1.807, 2.05) is 18.2 Å². The Bertz CT molecular complexity index is 6220. The molecule has 0 amide bonds. The maximum Gasteiger partial charge on any atom is 0.101 e. The lowest BCUT2D eigenvalue weighted by Gasteiger charge is -2.20. The van der Waals surface area contributed by atoms with Crippen molar-refractivity contribution in [3.63, 3.8) is 0 Å². The van der Waals surface area contributed by atoms with E-state index in [0.717, 1.165) is 127 Å². The molecular weight excluding hydrogens is 1150 g/mol. The second kappa shape index (κ2) is 19.7. The number of nitrogens with zero attached hydrogens (tertiary/aromatic N) is 8. The third-order valence-corrected chi connectivity index (χ3v) is 19.8. The summed E-state index contributed by atoms with van der Waals surface area (Å²) >= 11 is 0. The second-order valence-electron chi connectivity index (χ2n) is 24.6. The normalized spacial score (nSPS) is 12.0. The van der Waals surface area contributed by atoms with Gasteiger partial charge in [0.25, 0.3) is 0 Å². The van der Waals surface area contributed by atoms with Gasteiger partial charge in [-0.25, -0.2) is 0 Å². The van der Waals surface area contributed by atoms with Gasteiger partial charge < -0.3 is 27.4 Å². The van der Waals surface area contributed by atoms with Crippen molar-refractivity contribution in [3.8, 4) is 57.4 Å². The molecule has 0 fully saturated rings. The Morgan fingerprint density at radius 1 is 0.202 bits per heavy atom. The lowest BCUT2D eigenvalue weighted by atomic mass is 9.98. The zero-order valence-electron chi connectivity index (χ0n) is 50.4. The van der Waals surface area contributed by atoms with Crippen LogP contribution in [0.4, 0.5) is 0 Å². The summed E-state index contributed by atoms with van der Waals surface area (Å²) in [4.78, 5) is 0. The molecule has 0 aliphatic rings. The molecule has 434 valence electrons. The summed E-state index contributed by atoms with van der Waals surface area (Å²) in [7, 11) is 0. The maximum absolute atomic E-state index is 12.2. The zero-order chi connectivity index (χ0) is 61.9. The number of rotatable bonds is 7. The molecule has 0 N–H and O–H groups in total. The Kier molecular flexibility index (Phi) is 10.8. The van der Waals surface area contributed by atoms with Crippen LogP contribution in [0.2, 0.25) is 0 Å². The molecule has 0 unspecified atom stereocenters. The number of nitriles is 2. The van der Waals surface area contributed by atoms with Crippen molar-refractivity contribution in [3.05, 3.63) is 314 Å². The van der Waals surface area contributed by atoms with Gasteiger partial charge in [-0.05, 0) is 127 Å². The standard InChI is InChI=1S/C86H50N8/c87-51-53-18-17-19-54(44-53)72-50-81(93-83-46-56(89-73-28-9-1-20-60(73)61-21-2-10-29-74(61)89)36-40-68(83)69-41-37-57(47-84(69)93)90-75-30-11-3-22-62(75)63-23-4-12-31-76(63)90)55(52-88)45-82(72)94-85-48-58(91-77-32-13-5-24-64(77)65-25-6-14-33-78(65)91)38-42-70(85)71-43-39-59(49-86(71)94)92-79-34-15-7-26-66(79)67-27-8-16-35-80(67)92/h1-50H. The molecule has 0 spiro atoms. The minimum absolute atomic E-state index is 0.477. The van der Waals surface area contributed by atoms with E-state index in [1.54, 1.807) is 0 Å². The van der Waals surface area contributed by atoms with Crippen LogP contribution in [0.15, 0.2) is 303 Å². The van der Waals surface area contributed by atoms with Crippen molar-refractivity contribution >= 4 is 131 Å². The van der Waals surface area contributed by atoms with Gasteiger partial charge >= 0.3 is 0 Å². The molecule has 20 aromatic rings. The number of aromatic nitrogens is 6. The smallest absolute Gasteiger partial charge is 0.101 e. The van der Waals surface area contributed by atoms with E-state index in [2.05, 4.69) is 325 Å². The third-order valence-electron chi connectivity index (χ3n) is 19.8. The van der Waals surface area contributed by atoms with Crippen LogP contribution in [0.25, 0.3) is 176 Å². The fourth-order valence-corrected chi connectivity index (χ4v) is 15.9. The van der Waals surface area contributed by atoms with Gasteiger partial charge in [0.15, 0.2) is 0 Å². The molecule has 0 aliphatic heterocycles. The lowest BCUT2D eigenvalue weighted by molar-refractivity contribution is 1.12. The molecule has 0 radical (unpaired) electrons. The van der Waals surface area contributed by atoms with Gasteiger partial charge in [0.1, 0.15) is 6.07 Å². The van der Waals surface area contributed by atoms with E-state index in [0.29, 0.717) is 16.8 Å². The molecule has 6 heterocycles. The Balaban J connectivity index is 0.916. The second-order valence-corrected chi connectivity index (χ2v) is 24.6. The maximum atomic E-state index is 12.2. The van der Waals surface area contributed by atoms with E-state index >= 15 is 0 Å². The first kappa shape index (κ1) is 51.7. The Morgan fingerprint density at radius 2 is 0.479 bits per heavy atom. The fraction of sp³-hybridized carbons (Fsp3) is 0. The first-order chi connectivity index (χ1) is 46.6. The number of para-hydroxylation sites is 8. The summed E-state index contributed by atoms with van der Waals surface area (Å²) in [6, 6.07) is 114. The Morgan fingerprint density at radius 3 is 0.766 bits per heavy atom. The topological polar surface area (TPSA) is 77.2 Å². The lowest BCUT2D eigenvalue weighted by Crippen LogP contribution is -2.05. The number of hydrogen-bond donors (Lipinski definition) is 0. The van der Waals surface area contributed by atoms with Gasteiger partial charge in [-0.15, -0.1) is 0 Å². The van der Waals surface area contributed by atoms with E-state index in [9.17, 15) is 10.5 Å². The van der Waals surface area contributed by atoms with E-state index in [1.165, 1.54) is 43.1 Å². The van der Waals surface area contributed by atoms with Gasteiger partial charge in [-0.1, -0.05) is 182 Å². The van der Waals surface area contributed by atoms with Gasteiger partial charge in [-0.2, -0.15) is 10.5 Å². The molecule has 0 aliphatic carbocycles. The molecule has 6 aromatic heterocycles. The first-order valence-corrected chi connectivity index (χ1v) is 31.8. The van der Waals surface area contributed by atoms with Crippen LogP contribution in [-0.4, -0.2) is 27.4 Å². The monoisotopic (exact) mass is 1190 g/mol. The highest BCUT2D eigenvalue weighted by Crippen LogP contribution is 2.46. The largest absolute Gasteiger partial charge is 0.309 e. The molecule has 0 bridgehead atoms. The number of fused-ring (bicyclic) bond motifs is 18. The van der Waals surface area contributed by atoms with Crippen molar-refractivity contribution in [2.75, 3.05) is 0 Å². The minimum Gasteiger partial charge on any atom is -0.309 e. The molecule has 0 saturated heterocycles. The average molecular weight is 1200 g/mol. The molecule has 94 heavy (non-hydrogen) atoms. The molecule has 20 rings (SSSR count). The van der Waals surface area contributed by atoms with Crippen LogP contribution < -0.4 is 0 Å². The van der Waals surface area contributed by atoms with Crippen LogP contribution in [0.5, 0.6) is 0 Å². The van der Waals surface area contributed by atoms with Crippen molar-refractivity contribution in [2.24, 2.45) is 0 Å². The minimum atomic E-state index is 0.477. The van der Waals surface area contributed by atoms with Crippen LogP contribution in [0.1, 0.15) is 11.1 Å². The SMILES string of the molecule is N#Cc1cccc(-c2cc(-n3c4cc(-n5c6ccccc6c6ccccc65)ccc4c4ccc(-n5c6ccccc6c6ccccc65)cc43)c(C#N)cc2-n2c3cc(-n4c5ccccc5c5ccccc54)ccc3c3ccc(-n4c5ccccc5c5ccccc54)cc32)c1. The highest BCUT2D eigenvalue weighted by atomic mass is 15.1. The highest BCUT2D eigenvalue weighted by Gasteiger charge is 2.26. The first-order valence-electron chi connectivity index (χ1n) is 31.8. The molecular formula is C86H50N8. The predicted molar refractivity (Wildman–Crippen MR) is 387 cm³/mol. The molecule has 8 nitrogen and oxygen atoms in total.